The minimum Gasteiger partial charge on any atom is -0.480 e. The smallest absolute Gasteiger partial charge is 0.327 e. The largest absolute Gasteiger partial charge is 0.480 e. The summed E-state index contributed by atoms with van der Waals surface area (Å²) in [6.07, 6.45) is 0.146. The van der Waals surface area contributed by atoms with Crippen molar-refractivity contribution in [2.24, 2.45) is 5.73 Å². The summed E-state index contributed by atoms with van der Waals surface area (Å²) < 4.78 is -0.675. The van der Waals surface area contributed by atoms with Crippen LogP contribution in [0, 0.1) is 0 Å². The van der Waals surface area contributed by atoms with Gasteiger partial charge in [-0.05, 0) is 25.3 Å². The van der Waals surface area contributed by atoms with Crippen molar-refractivity contribution in [3.8, 4) is 0 Å². The van der Waals surface area contributed by atoms with E-state index in [4.69, 9.17) is 5.73 Å². The van der Waals surface area contributed by atoms with Crippen molar-refractivity contribution < 1.29 is 19.5 Å². The van der Waals surface area contributed by atoms with Crippen LogP contribution >= 0.6 is 23.1 Å². The number of β-lactam (4-membered cyclic amide) rings is 1. The van der Waals surface area contributed by atoms with Gasteiger partial charge < -0.3 is 15.3 Å². The summed E-state index contributed by atoms with van der Waals surface area (Å²) in [6.45, 7) is 3.52. The number of nitrogens with zero attached hydrogens (tertiary/aromatic N) is 1. The number of hydrogen-bond acceptors (Lipinski definition) is 6. The van der Waals surface area contributed by atoms with E-state index in [9.17, 15) is 19.5 Å². The van der Waals surface area contributed by atoms with Crippen LogP contribution < -0.4 is 11.1 Å². The molecule has 0 bridgehead atoms. The number of nitrogens with two attached hydrogens (primary N) is 1. The first-order chi connectivity index (χ1) is 10.7. The number of carbonyl (C=O) groups excluding carboxylic acids is 2. The Kier molecular flexibility index (Phi) is 3.69. The Morgan fingerprint density at radius 1 is 1.48 bits per heavy atom. The molecule has 3 rings (SSSR count). The topological polar surface area (TPSA) is 113 Å². The fraction of sp³-hybridized carbons (Fsp3) is 0.500. The number of carboxylic acid groups (broad SMARTS) is 1. The van der Waals surface area contributed by atoms with Gasteiger partial charge in [0.1, 0.15) is 11.4 Å². The highest BCUT2D eigenvalue weighted by Crippen LogP contribution is 2.53. The molecule has 3 heterocycles. The van der Waals surface area contributed by atoms with E-state index < -0.39 is 33.7 Å². The molecule has 3 atom stereocenters. The number of aliphatic carboxylic acids is 1. The number of fused-ring (bicyclic) bond motifs is 1. The van der Waals surface area contributed by atoms with Gasteiger partial charge in [0.25, 0.3) is 5.91 Å². The highest BCUT2D eigenvalue weighted by Gasteiger charge is 2.70. The highest BCUT2D eigenvalue weighted by molar-refractivity contribution is 8.01. The molecule has 1 aromatic rings. The van der Waals surface area contributed by atoms with E-state index in [1.807, 2.05) is 17.5 Å². The third-order valence-corrected chi connectivity index (χ3v) is 6.61. The maximum atomic E-state index is 12.4. The second-order valence-corrected chi connectivity index (χ2v) is 8.97. The van der Waals surface area contributed by atoms with Crippen molar-refractivity contribution in [3.05, 3.63) is 22.4 Å². The normalized spacial score (nSPS) is 31.4. The summed E-state index contributed by atoms with van der Waals surface area (Å²) in [5.74, 6) is -1.96. The van der Waals surface area contributed by atoms with Gasteiger partial charge >= 0.3 is 5.97 Å². The van der Waals surface area contributed by atoms with E-state index >= 15 is 0 Å². The molecule has 0 aliphatic carbocycles. The fourth-order valence-corrected chi connectivity index (χ4v) is 5.35. The fourth-order valence-electron chi connectivity index (χ4n) is 3.05. The molecule has 0 saturated carbocycles. The van der Waals surface area contributed by atoms with Crippen molar-refractivity contribution >= 4 is 40.9 Å². The average Bonchev–Trinajstić information content (AvgIpc) is 3.02. The van der Waals surface area contributed by atoms with E-state index in [1.54, 1.807) is 13.8 Å². The second kappa shape index (κ2) is 5.22. The van der Waals surface area contributed by atoms with Crippen molar-refractivity contribution in [1.29, 1.82) is 0 Å². The van der Waals surface area contributed by atoms with Gasteiger partial charge in [-0.1, -0.05) is 6.07 Å². The van der Waals surface area contributed by atoms with Crippen molar-refractivity contribution in [2.45, 2.75) is 42.1 Å². The predicted molar refractivity (Wildman–Crippen MR) is 86.8 cm³/mol. The van der Waals surface area contributed by atoms with Gasteiger partial charge in [0.15, 0.2) is 5.66 Å². The van der Waals surface area contributed by atoms with Crippen LogP contribution in [0.5, 0.6) is 0 Å². The number of thioether (sulfide) groups is 1. The number of thiophene rings is 1. The Morgan fingerprint density at radius 2 is 2.17 bits per heavy atom. The number of carboxylic acids is 1. The molecule has 7 nitrogen and oxygen atoms in total. The van der Waals surface area contributed by atoms with Crippen LogP contribution in [0.3, 0.4) is 0 Å². The van der Waals surface area contributed by atoms with E-state index in [2.05, 4.69) is 5.32 Å². The lowest BCUT2D eigenvalue weighted by molar-refractivity contribution is -0.168. The van der Waals surface area contributed by atoms with E-state index in [-0.39, 0.29) is 12.3 Å². The van der Waals surface area contributed by atoms with Gasteiger partial charge in [0.05, 0.1) is 6.42 Å². The molecule has 1 aromatic heterocycles. The molecule has 23 heavy (non-hydrogen) atoms. The summed E-state index contributed by atoms with van der Waals surface area (Å²) in [7, 11) is 0. The number of rotatable bonds is 4. The molecule has 2 saturated heterocycles. The van der Waals surface area contributed by atoms with Gasteiger partial charge in [-0.3, -0.25) is 15.3 Å². The zero-order valence-corrected chi connectivity index (χ0v) is 14.2. The lowest BCUT2D eigenvalue weighted by Gasteiger charge is -2.50. The first-order valence-electron chi connectivity index (χ1n) is 7.02. The maximum absolute atomic E-state index is 12.4. The van der Waals surface area contributed by atoms with Crippen LogP contribution in [0.25, 0.3) is 0 Å². The van der Waals surface area contributed by atoms with Crippen molar-refractivity contribution in [2.75, 3.05) is 0 Å². The van der Waals surface area contributed by atoms with Crippen LogP contribution in [0.2, 0.25) is 0 Å². The Morgan fingerprint density at radius 3 is 2.74 bits per heavy atom. The summed E-state index contributed by atoms with van der Waals surface area (Å²) in [5, 5.41) is 13.3. The molecule has 9 heteroatoms. The number of nitrogens with one attached hydrogen (secondary N) is 1. The molecule has 2 fully saturated rings. The van der Waals surface area contributed by atoms with Crippen LogP contribution in [0.1, 0.15) is 18.7 Å². The number of amides is 2. The third kappa shape index (κ3) is 2.43. The van der Waals surface area contributed by atoms with Crippen LogP contribution in [0.15, 0.2) is 17.5 Å². The summed E-state index contributed by atoms with van der Waals surface area (Å²) in [5.41, 5.74) is 4.57. The van der Waals surface area contributed by atoms with E-state index in [1.165, 1.54) is 28.0 Å². The van der Waals surface area contributed by atoms with Crippen LogP contribution in [-0.2, 0) is 20.8 Å². The quantitative estimate of drug-likeness (QED) is 0.526. The highest BCUT2D eigenvalue weighted by atomic mass is 32.2. The zero-order valence-electron chi connectivity index (χ0n) is 12.6. The molecule has 2 amide bonds. The van der Waals surface area contributed by atoms with Gasteiger partial charge in [-0.2, -0.15) is 0 Å². The predicted octanol–water partition coefficient (Wildman–Crippen LogP) is 0.209. The van der Waals surface area contributed by atoms with E-state index in [0.29, 0.717) is 0 Å². The Labute approximate surface area is 141 Å². The minimum absolute atomic E-state index is 0.146. The van der Waals surface area contributed by atoms with Crippen LogP contribution in [-0.4, -0.2) is 49.6 Å². The van der Waals surface area contributed by atoms with Gasteiger partial charge in [0.2, 0.25) is 5.91 Å². The molecule has 0 radical (unpaired) electrons. The Bertz CT molecular complexity index is 676. The lowest BCUT2D eigenvalue weighted by atomic mass is 9.92. The molecular weight excluding hydrogens is 338 g/mol. The summed E-state index contributed by atoms with van der Waals surface area (Å²) >= 11 is 2.75. The Hall–Kier alpha value is -1.58. The average molecular weight is 355 g/mol. The molecule has 0 aromatic carbocycles. The number of carbonyl (C=O) groups is 3. The molecule has 0 spiro atoms. The lowest BCUT2D eigenvalue weighted by Crippen LogP contribution is -2.83. The SMILES string of the molecule is CC1(C)S[C@H]2N(C(=O)[C@]2(N)NC(=O)Cc2cccs2)[C@H]1C(=O)O. The molecule has 0 unspecified atom stereocenters. The van der Waals surface area contributed by atoms with Crippen molar-refractivity contribution in [1.82, 2.24) is 10.2 Å². The second-order valence-electron chi connectivity index (χ2n) is 6.20. The molecule has 4 N–H and O–H groups in total. The first kappa shape index (κ1) is 16.3. The minimum atomic E-state index is -1.54. The van der Waals surface area contributed by atoms with E-state index in [0.717, 1.165) is 4.88 Å². The zero-order chi connectivity index (χ0) is 17.0. The third-order valence-electron chi connectivity index (χ3n) is 4.08. The summed E-state index contributed by atoms with van der Waals surface area (Å²) in [4.78, 5) is 38.2. The Balaban J connectivity index is 1.76. The molecule has 2 aliphatic heterocycles. The molecular formula is C14H17N3O4S2. The van der Waals surface area contributed by atoms with Gasteiger partial charge in [-0.15, -0.1) is 23.1 Å². The maximum Gasteiger partial charge on any atom is 0.327 e. The first-order valence-corrected chi connectivity index (χ1v) is 8.78. The number of hydrogen-bond donors (Lipinski definition) is 3. The van der Waals surface area contributed by atoms with Crippen LogP contribution in [0.4, 0.5) is 0 Å². The molecule has 124 valence electrons. The van der Waals surface area contributed by atoms with Gasteiger partial charge in [0, 0.05) is 9.62 Å². The van der Waals surface area contributed by atoms with Gasteiger partial charge in [-0.25, -0.2) is 4.79 Å². The standard InChI is InChI=1S/C14H17N3O4S2/c1-13(2)9(10(19)20)17-11(21)14(15,12(17)23-13)16-8(18)6-7-4-3-5-22-7/h3-5,9,12H,6,15H2,1-2H3,(H,16,18)(H,19,20)/t9-,12+,14-/m0/s1. The monoisotopic (exact) mass is 355 g/mol. The molecule has 2 aliphatic rings. The summed E-state index contributed by atoms with van der Waals surface area (Å²) in [6, 6.07) is 2.72. The van der Waals surface area contributed by atoms with Crippen molar-refractivity contribution in [3.63, 3.8) is 0 Å².